The van der Waals surface area contributed by atoms with Crippen molar-refractivity contribution in [2.24, 2.45) is 0 Å². The van der Waals surface area contributed by atoms with Crippen molar-refractivity contribution in [1.82, 2.24) is 0 Å². The van der Waals surface area contributed by atoms with E-state index >= 15 is 0 Å². The summed E-state index contributed by atoms with van der Waals surface area (Å²) in [6, 6.07) is 6.43. The molecule has 1 aromatic heterocycles. The van der Waals surface area contributed by atoms with Crippen LogP contribution in [0.3, 0.4) is 0 Å². The second-order valence-electron chi connectivity index (χ2n) is 3.96. The molecule has 0 aliphatic rings. The fourth-order valence-corrected chi connectivity index (χ4v) is 2.71. The van der Waals surface area contributed by atoms with E-state index in [0.717, 1.165) is 21.4 Å². The average molecular weight is 355 g/mol. The minimum absolute atomic E-state index is 0.0797. The van der Waals surface area contributed by atoms with Gasteiger partial charge in [-0.1, -0.05) is 22.0 Å². The first-order valence-corrected chi connectivity index (χ1v) is 7.30. The molecule has 1 aromatic carbocycles. The molecule has 0 aliphatic heterocycles. The molecule has 0 fully saturated rings. The molecule has 3 N–H and O–H groups in total. The van der Waals surface area contributed by atoms with Crippen LogP contribution in [-0.2, 0) is 0 Å². The van der Waals surface area contributed by atoms with E-state index < -0.39 is 12.0 Å². The lowest BCUT2D eigenvalue weighted by atomic mass is 10.2. The highest BCUT2D eigenvalue weighted by Crippen LogP contribution is 2.25. The van der Waals surface area contributed by atoms with Crippen LogP contribution in [0.1, 0.15) is 15.9 Å². The van der Waals surface area contributed by atoms with Gasteiger partial charge in [0, 0.05) is 10.2 Å². The highest BCUT2D eigenvalue weighted by atomic mass is 79.9. The minimum atomic E-state index is -1.07. The van der Waals surface area contributed by atoms with E-state index in [0.29, 0.717) is 10.7 Å². The SMILES string of the molecule is Cc1c(Br)cccc1NC(=O)Nc1sccc1C(=O)O. The number of aromatic carboxylic acids is 1. The van der Waals surface area contributed by atoms with Crippen molar-refractivity contribution in [2.75, 3.05) is 10.6 Å². The van der Waals surface area contributed by atoms with E-state index in [1.807, 2.05) is 13.0 Å². The molecule has 2 amide bonds. The fourth-order valence-electron chi connectivity index (χ4n) is 1.57. The topological polar surface area (TPSA) is 78.4 Å². The third-order valence-electron chi connectivity index (χ3n) is 2.64. The molecule has 0 radical (unpaired) electrons. The van der Waals surface area contributed by atoms with Gasteiger partial charge in [0.2, 0.25) is 0 Å². The molecule has 2 rings (SSSR count). The highest BCUT2D eigenvalue weighted by molar-refractivity contribution is 9.10. The quantitative estimate of drug-likeness (QED) is 0.774. The molecule has 0 unspecified atom stereocenters. The Hall–Kier alpha value is -1.86. The number of carbonyl (C=O) groups excluding carboxylic acids is 1. The highest BCUT2D eigenvalue weighted by Gasteiger charge is 2.14. The van der Waals surface area contributed by atoms with E-state index in [2.05, 4.69) is 26.6 Å². The summed E-state index contributed by atoms with van der Waals surface area (Å²) >= 11 is 4.54. The molecule has 0 saturated carbocycles. The first-order chi connectivity index (χ1) is 9.49. The molecule has 5 nitrogen and oxygen atoms in total. The Morgan fingerprint density at radius 3 is 2.70 bits per heavy atom. The summed E-state index contributed by atoms with van der Waals surface area (Å²) in [6.45, 7) is 1.87. The summed E-state index contributed by atoms with van der Waals surface area (Å²) in [6.07, 6.45) is 0. The van der Waals surface area contributed by atoms with Crippen LogP contribution in [-0.4, -0.2) is 17.1 Å². The zero-order valence-corrected chi connectivity index (χ0v) is 12.8. The predicted molar refractivity (Wildman–Crippen MR) is 82.8 cm³/mol. The van der Waals surface area contributed by atoms with Gasteiger partial charge >= 0.3 is 12.0 Å². The van der Waals surface area contributed by atoms with Crippen molar-refractivity contribution >= 4 is 50.0 Å². The molecule has 0 atom stereocenters. The number of carboxylic acid groups (broad SMARTS) is 1. The molecule has 0 bridgehead atoms. The van der Waals surface area contributed by atoms with Crippen molar-refractivity contribution in [2.45, 2.75) is 6.92 Å². The lowest BCUT2D eigenvalue weighted by Gasteiger charge is -2.10. The van der Waals surface area contributed by atoms with Gasteiger partial charge in [-0.15, -0.1) is 11.3 Å². The molecule has 0 saturated heterocycles. The van der Waals surface area contributed by atoms with Crippen molar-refractivity contribution < 1.29 is 14.7 Å². The number of amides is 2. The number of carbonyl (C=O) groups is 2. The minimum Gasteiger partial charge on any atom is -0.478 e. The molecule has 2 aromatic rings. The molecular formula is C13H11BrN2O3S. The van der Waals surface area contributed by atoms with Crippen molar-refractivity contribution in [3.63, 3.8) is 0 Å². The van der Waals surface area contributed by atoms with Gasteiger partial charge in [-0.2, -0.15) is 0 Å². The van der Waals surface area contributed by atoms with Crippen LogP contribution >= 0.6 is 27.3 Å². The number of urea groups is 1. The summed E-state index contributed by atoms with van der Waals surface area (Å²) in [5.41, 5.74) is 1.63. The third-order valence-corrected chi connectivity index (χ3v) is 4.33. The number of carboxylic acids is 1. The molecule has 7 heteroatoms. The Morgan fingerprint density at radius 1 is 1.25 bits per heavy atom. The monoisotopic (exact) mass is 354 g/mol. The normalized spacial score (nSPS) is 10.1. The van der Waals surface area contributed by atoms with E-state index in [1.165, 1.54) is 6.07 Å². The number of anilines is 2. The molecule has 20 heavy (non-hydrogen) atoms. The Kier molecular flexibility index (Phi) is 4.41. The van der Waals surface area contributed by atoms with Crippen molar-refractivity contribution in [3.8, 4) is 0 Å². The summed E-state index contributed by atoms with van der Waals surface area (Å²) in [7, 11) is 0. The fraction of sp³-hybridized carbons (Fsp3) is 0.0769. The summed E-state index contributed by atoms with van der Waals surface area (Å²) in [5, 5.41) is 16.1. The van der Waals surface area contributed by atoms with Crippen LogP contribution in [0.4, 0.5) is 15.5 Å². The second kappa shape index (κ2) is 6.06. The largest absolute Gasteiger partial charge is 0.478 e. The van der Waals surface area contributed by atoms with Crippen molar-refractivity contribution in [1.29, 1.82) is 0 Å². The first-order valence-electron chi connectivity index (χ1n) is 5.63. The summed E-state index contributed by atoms with van der Waals surface area (Å²) in [5.74, 6) is -1.07. The number of rotatable bonds is 3. The Bertz CT molecular complexity index is 669. The summed E-state index contributed by atoms with van der Waals surface area (Å²) < 4.78 is 0.887. The maximum Gasteiger partial charge on any atom is 0.338 e. The van der Waals surface area contributed by atoms with Gasteiger partial charge in [0.1, 0.15) is 5.00 Å². The standard InChI is InChI=1S/C13H11BrN2O3S/c1-7-9(14)3-2-4-10(7)15-13(19)16-11-8(12(17)18)5-6-20-11/h2-6H,1H3,(H,17,18)(H2,15,16,19). The number of halogens is 1. The lowest BCUT2D eigenvalue weighted by Crippen LogP contribution is -2.20. The van der Waals surface area contributed by atoms with Gasteiger partial charge in [0.15, 0.2) is 0 Å². The van der Waals surface area contributed by atoms with Crippen LogP contribution in [0.5, 0.6) is 0 Å². The average Bonchev–Trinajstić information content (AvgIpc) is 2.83. The number of benzene rings is 1. The molecule has 0 spiro atoms. The molecule has 1 heterocycles. The molecule has 104 valence electrons. The molecule has 0 aliphatic carbocycles. The van der Waals surface area contributed by atoms with Gasteiger partial charge in [0.05, 0.1) is 5.56 Å². The van der Waals surface area contributed by atoms with Crippen LogP contribution in [0.15, 0.2) is 34.1 Å². The van der Waals surface area contributed by atoms with Crippen LogP contribution < -0.4 is 10.6 Å². The maximum absolute atomic E-state index is 11.9. The second-order valence-corrected chi connectivity index (χ2v) is 5.73. The van der Waals surface area contributed by atoms with E-state index in [-0.39, 0.29) is 5.56 Å². The molecular weight excluding hydrogens is 344 g/mol. The van der Waals surface area contributed by atoms with E-state index in [9.17, 15) is 9.59 Å². The van der Waals surface area contributed by atoms with Gasteiger partial charge in [-0.05, 0) is 36.1 Å². The maximum atomic E-state index is 11.9. The van der Waals surface area contributed by atoms with Gasteiger partial charge in [0.25, 0.3) is 0 Å². The van der Waals surface area contributed by atoms with E-state index in [4.69, 9.17) is 5.11 Å². The number of thiophene rings is 1. The Morgan fingerprint density at radius 2 is 2.00 bits per heavy atom. The van der Waals surface area contributed by atoms with Gasteiger partial charge < -0.3 is 10.4 Å². The van der Waals surface area contributed by atoms with E-state index in [1.54, 1.807) is 17.5 Å². The third kappa shape index (κ3) is 3.17. The number of hydrogen-bond donors (Lipinski definition) is 3. The van der Waals surface area contributed by atoms with Gasteiger partial charge in [-0.25, -0.2) is 9.59 Å². The lowest BCUT2D eigenvalue weighted by molar-refractivity contribution is 0.0698. The Labute approximate surface area is 127 Å². The summed E-state index contributed by atoms with van der Waals surface area (Å²) in [4.78, 5) is 22.8. The predicted octanol–water partition coefficient (Wildman–Crippen LogP) is 4.16. The van der Waals surface area contributed by atoms with Gasteiger partial charge in [-0.3, -0.25) is 5.32 Å². The first kappa shape index (κ1) is 14.5. The zero-order valence-electron chi connectivity index (χ0n) is 10.4. The van der Waals surface area contributed by atoms with Crippen LogP contribution in [0.25, 0.3) is 0 Å². The zero-order chi connectivity index (χ0) is 14.7. The van der Waals surface area contributed by atoms with Crippen LogP contribution in [0.2, 0.25) is 0 Å². The van der Waals surface area contributed by atoms with Crippen LogP contribution in [0, 0.1) is 6.92 Å². The van der Waals surface area contributed by atoms with Crippen molar-refractivity contribution in [3.05, 3.63) is 45.2 Å². The number of nitrogens with one attached hydrogen (secondary N) is 2. The smallest absolute Gasteiger partial charge is 0.338 e. The Balaban J connectivity index is 2.11. The number of hydrogen-bond acceptors (Lipinski definition) is 3.